The molecule has 6 nitrogen and oxygen atoms in total. The van der Waals surface area contributed by atoms with Crippen molar-refractivity contribution in [1.82, 2.24) is 19.2 Å². The van der Waals surface area contributed by atoms with Crippen molar-refractivity contribution in [2.45, 2.75) is 51.3 Å². The van der Waals surface area contributed by atoms with Gasteiger partial charge in [-0.25, -0.2) is 13.4 Å². The molecule has 1 aliphatic heterocycles. The smallest absolute Gasteiger partial charge is 0.262 e. The molecule has 0 amide bonds. The molecular formula is C13H24N4O2S. The van der Waals surface area contributed by atoms with Crippen LogP contribution in [-0.2, 0) is 16.6 Å². The average molecular weight is 300 g/mol. The lowest BCUT2D eigenvalue weighted by Gasteiger charge is -2.36. The monoisotopic (exact) mass is 300 g/mol. The summed E-state index contributed by atoms with van der Waals surface area (Å²) in [7, 11) is -3.50. The summed E-state index contributed by atoms with van der Waals surface area (Å²) in [5, 5.41) is 3.44. The standard InChI is InChI=1S/C13H24N4O2S/c1-10(2)7-16-8-13(15-9-16)20(18,19)17-6-5-14-11(3)12(17)4/h8-12,14H,5-7H2,1-4H3. The van der Waals surface area contributed by atoms with E-state index in [0.29, 0.717) is 19.0 Å². The van der Waals surface area contributed by atoms with Crippen molar-refractivity contribution in [3.05, 3.63) is 12.5 Å². The molecule has 0 bridgehead atoms. The first-order valence-corrected chi connectivity index (χ1v) is 8.53. The summed E-state index contributed by atoms with van der Waals surface area (Å²) in [4.78, 5) is 4.09. The van der Waals surface area contributed by atoms with Crippen molar-refractivity contribution in [2.75, 3.05) is 13.1 Å². The van der Waals surface area contributed by atoms with Crippen molar-refractivity contribution in [1.29, 1.82) is 0 Å². The number of hydrogen-bond acceptors (Lipinski definition) is 4. The van der Waals surface area contributed by atoms with E-state index in [1.807, 2.05) is 18.4 Å². The number of sulfonamides is 1. The van der Waals surface area contributed by atoms with E-state index in [0.717, 1.165) is 6.54 Å². The fourth-order valence-electron chi connectivity index (χ4n) is 2.48. The van der Waals surface area contributed by atoms with E-state index in [1.165, 1.54) is 0 Å². The molecule has 1 N–H and O–H groups in total. The van der Waals surface area contributed by atoms with Crippen LogP contribution in [0.15, 0.2) is 17.6 Å². The van der Waals surface area contributed by atoms with Crippen LogP contribution in [0.4, 0.5) is 0 Å². The molecule has 0 spiro atoms. The number of piperazine rings is 1. The normalized spacial score (nSPS) is 25.2. The van der Waals surface area contributed by atoms with Crippen LogP contribution >= 0.6 is 0 Å². The van der Waals surface area contributed by atoms with Crippen LogP contribution in [0.3, 0.4) is 0 Å². The average Bonchev–Trinajstić information content (AvgIpc) is 2.80. The molecule has 20 heavy (non-hydrogen) atoms. The molecular weight excluding hydrogens is 276 g/mol. The van der Waals surface area contributed by atoms with Crippen molar-refractivity contribution >= 4 is 10.0 Å². The number of nitrogens with one attached hydrogen (secondary N) is 1. The Morgan fingerprint density at radius 3 is 2.80 bits per heavy atom. The Bertz CT molecular complexity index is 552. The fourth-order valence-corrected chi connectivity index (χ4v) is 4.12. The van der Waals surface area contributed by atoms with Crippen LogP contribution in [0.2, 0.25) is 0 Å². The van der Waals surface area contributed by atoms with Gasteiger partial charge in [0.25, 0.3) is 10.0 Å². The minimum atomic E-state index is -3.50. The lowest BCUT2D eigenvalue weighted by molar-refractivity contribution is 0.232. The predicted molar refractivity (Wildman–Crippen MR) is 77.9 cm³/mol. The Balaban J connectivity index is 2.23. The molecule has 2 unspecified atom stereocenters. The van der Waals surface area contributed by atoms with Gasteiger partial charge in [0.1, 0.15) is 0 Å². The molecule has 0 saturated carbocycles. The minimum absolute atomic E-state index is 0.0657. The Hall–Kier alpha value is -0.920. The third kappa shape index (κ3) is 3.05. The van der Waals surface area contributed by atoms with Crippen LogP contribution in [-0.4, -0.2) is 47.4 Å². The Kier molecular flexibility index (Phi) is 4.51. The SMILES string of the molecule is CC(C)Cn1cnc(S(=O)(=O)N2CCNC(C)C2C)c1. The molecule has 1 aromatic rings. The van der Waals surface area contributed by atoms with Gasteiger partial charge >= 0.3 is 0 Å². The van der Waals surface area contributed by atoms with Gasteiger partial charge < -0.3 is 9.88 Å². The third-order valence-corrected chi connectivity index (χ3v) is 5.61. The maximum atomic E-state index is 12.7. The summed E-state index contributed by atoms with van der Waals surface area (Å²) in [6.45, 7) is 10.1. The lowest BCUT2D eigenvalue weighted by atomic mass is 10.1. The summed E-state index contributed by atoms with van der Waals surface area (Å²) >= 11 is 0. The number of rotatable bonds is 4. The molecule has 0 aromatic carbocycles. The molecule has 0 aliphatic carbocycles. The molecule has 114 valence electrons. The van der Waals surface area contributed by atoms with Gasteiger partial charge in [0, 0.05) is 37.9 Å². The zero-order valence-corrected chi connectivity index (χ0v) is 13.4. The van der Waals surface area contributed by atoms with E-state index in [1.54, 1.807) is 16.8 Å². The van der Waals surface area contributed by atoms with E-state index in [9.17, 15) is 8.42 Å². The van der Waals surface area contributed by atoms with Gasteiger partial charge in [-0.2, -0.15) is 4.31 Å². The number of hydrogen-bond donors (Lipinski definition) is 1. The molecule has 2 heterocycles. The second kappa shape index (κ2) is 5.83. The fraction of sp³-hybridized carbons (Fsp3) is 0.769. The molecule has 2 atom stereocenters. The minimum Gasteiger partial charge on any atom is -0.336 e. The summed E-state index contributed by atoms with van der Waals surface area (Å²) < 4.78 is 28.7. The van der Waals surface area contributed by atoms with E-state index in [2.05, 4.69) is 24.1 Å². The number of imidazole rings is 1. The Morgan fingerprint density at radius 1 is 1.45 bits per heavy atom. The van der Waals surface area contributed by atoms with Crippen molar-refractivity contribution in [3.63, 3.8) is 0 Å². The van der Waals surface area contributed by atoms with Crippen molar-refractivity contribution in [2.24, 2.45) is 5.92 Å². The van der Waals surface area contributed by atoms with Crippen molar-refractivity contribution < 1.29 is 8.42 Å². The maximum absolute atomic E-state index is 12.7. The first-order chi connectivity index (χ1) is 9.32. The zero-order chi connectivity index (χ0) is 14.9. The van der Waals surface area contributed by atoms with E-state index in [-0.39, 0.29) is 17.1 Å². The van der Waals surface area contributed by atoms with Gasteiger partial charge in [-0.15, -0.1) is 0 Å². The zero-order valence-electron chi connectivity index (χ0n) is 12.6. The van der Waals surface area contributed by atoms with E-state index in [4.69, 9.17) is 0 Å². The maximum Gasteiger partial charge on any atom is 0.262 e. The van der Waals surface area contributed by atoms with Gasteiger partial charge in [-0.3, -0.25) is 0 Å². The molecule has 1 fully saturated rings. The summed E-state index contributed by atoms with van der Waals surface area (Å²) in [5.41, 5.74) is 0. The van der Waals surface area contributed by atoms with Crippen LogP contribution in [0, 0.1) is 5.92 Å². The predicted octanol–water partition coefficient (Wildman–Crippen LogP) is 0.910. The molecule has 7 heteroatoms. The highest BCUT2D eigenvalue weighted by molar-refractivity contribution is 7.89. The Morgan fingerprint density at radius 2 is 2.15 bits per heavy atom. The number of nitrogens with zero attached hydrogens (tertiary/aromatic N) is 3. The molecule has 1 saturated heterocycles. The van der Waals surface area contributed by atoms with Gasteiger partial charge in [0.2, 0.25) is 0 Å². The Labute approximate surface area is 121 Å². The summed E-state index contributed by atoms with van der Waals surface area (Å²) in [5.74, 6) is 0.456. The number of aromatic nitrogens is 2. The summed E-state index contributed by atoms with van der Waals surface area (Å²) in [6.07, 6.45) is 3.23. The van der Waals surface area contributed by atoms with Crippen LogP contribution in [0.5, 0.6) is 0 Å². The van der Waals surface area contributed by atoms with E-state index < -0.39 is 10.0 Å². The molecule has 1 aliphatic rings. The quantitative estimate of drug-likeness (QED) is 0.897. The van der Waals surface area contributed by atoms with Gasteiger partial charge in [-0.05, 0) is 19.8 Å². The highest BCUT2D eigenvalue weighted by atomic mass is 32.2. The topological polar surface area (TPSA) is 67.2 Å². The van der Waals surface area contributed by atoms with Gasteiger partial charge in [-0.1, -0.05) is 13.8 Å². The lowest BCUT2D eigenvalue weighted by Crippen LogP contribution is -2.57. The first-order valence-electron chi connectivity index (χ1n) is 7.09. The van der Waals surface area contributed by atoms with Gasteiger partial charge in [0.15, 0.2) is 5.03 Å². The highest BCUT2D eigenvalue weighted by Crippen LogP contribution is 2.20. The van der Waals surface area contributed by atoms with Crippen LogP contribution in [0.25, 0.3) is 0 Å². The molecule has 0 radical (unpaired) electrons. The van der Waals surface area contributed by atoms with Crippen molar-refractivity contribution in [3.8, 4) is 0 Å². The second-order valence-corrected chi connectivity index (χ2v) is 7.74. The highest BCUT2D eigenvalue weighted by Gasteiger charge is 2.35. The summed E-state index contributed by atoms with van der Waals surface area (Å²) in [6, 6.07) is 0.0836. The van der Waals surface area contributed by atoms with Gasteiger partial charge in [0.05, 0.1) is 6.33 Å². The van der Waals surface area contributed by atoms with Crippen LogP contribution in [0.1, 0.15) is 27.7 Å². The van der Waals surface area contributed by atoms with E-state index >= 15 is 0 Å². The largest absolute Gasteiger partial charge is 0.336 e. The molecule has 1 aromatic heterocycles. The third-order valence-electron chi connectivity index (χ3n) is 3.73. The first kappa shape index (κ1) is 15.5. The second-order valence-electron chi connectivity index (χ2n) is 5.90. The van der Waals surface area contributed by atoms with Crippen LogP contribution < -0.4 is 5.32 Å². The molecule has 2 rings (SSSR count).